The standard InChI is InChI=1S/C28H47NO3/c1-26(2,3)31-17-15-27(4,5)32-18-16-29-25-22-11-9-8-10-14-28(25,6)24-20-23(30-7)13-12-21(24)19-22/h12-13,20,22,25,29H,8-11,14-19H2,1-7H3/t22-,25-,28+/m0/s1. The van der Waals surface area contributed by atoms with Crippen molar-refractivity contribution in [2.75, 3.05) is 26.9 Å². The van der Waals surface area contributed by atoms with Gasteiger partial charge in [-0.05, 0) is 89.5 Å². The van der Waals surface area contributed by atoms with E-state index in [1.807, 2.05) is 0 Å². The summed E-state index contributed by atoms with van der Waals surface area (Å²) in [6.45, 7) is 15.5. The van der Waals surface area contributed by atoms with Crippen molar-refractivity contribution in [2.45, 2.75) is 109 Å². The molecule has 1 aromatic carbocycles. The first-order valence-corrected chi connectivity index (χ1v) is 12.7. The molecule has 4 nitrogen and oxygen atoms in total. The van der Waals surface area contributed by atoms with E-state index in [1.54, 1.807) is 7.11 Å². The van der Waals surface area contributed by atoms with Crippen LogP contribution in [0.5, 0.6) is 5.75 Å². The van der Waals surface area contributed by atoms with Gasteiger partial charge in [-0.15, -0.1) is 0 Å². The SMILES string of the molecule is COc1ccc2c(c1)[C@@]1(C)CCCCC[C@@H](C2)[C@@H]1NCCOC(C)(C)CCOC(C)(C)C. The Bertz CT molecular complexity index is 739. The van der Waals surface area contributed by atoms with E-state index >= 15 is 0 Å². The van der Waals surface area contributed by atoms with Crippen molar-refractivity contribution in [1.82, 2.24) is 5.32 Å². The molecule has 1 aromatic rings. The van der Waals surface area contributed by atoms with Crippen LogP contribution in [0.2, 0.25) is 0 Å². The predicted molar refractivity (Wildman–Crippen MR) is 133 cm³/mol. The van der Waals surface area contributed by atoms with E-state index in [0.717, 1.165) is 31.9 Å². The third-order valence-corrected chi connectivity index (χ3v) is 7.54. The van der Waals surface area contributed by atoms with Gasteiger partial charge in [0.15, 0.2) is 0 Å². The van der Waals surface area contributed by atoms with Gasteiger partial charge in [-0.2, -0.15) is 0 Å². The van der Waals surface area contributed by atoms with Gasteiger partial charge >= 0.3 is 0 Å². The number of ether oxygens (including phenoxy) is 3. The monoisotopic (exact) mass is 445 g/mol. The first kappa shape index (κ1) is 25.5. The Morgan fingerprint density at radius 1 is 1.03 bits per heavy atom. The smallest absolute Gasteiger partial charge is 0.119 e. The lowest BCUT2D eigenvalue weighted by Crippen LogP contribution is -2.56. The predicted octanol–water partition coefficient (Wildman–Crippen LogP) is 6.05. The number of rotatable bonds is 9. The van der Waals surface area contributed by atoms with Gasteiger partial charge in [-0.3, -0.25) is 0 Å². The fourth-order valence-corrected chi connectivity index (χ4v) is 5.72. The molecule has 0 unspecified atom stereocenters. The molecule has 4 heteroatoms. The largest absolute Gasteiger partial charge is 0.497 e. The highest BCUT2D eigenvalue weighted by molar-refractivity contribution is 5.44. The van der Waals surface area contributed by atoms with Crippen LogP contribution >= 0.6 is 0 Å². The van der Waals surface area contributed by atoms with Crippen LogP contribution in [0.1, 0.15) is 91.2 Å². The molecule has 0 saturated heterocycles. The maximum Gasteiger partial charge on any atom is 0.119 e. The molecule has 0 aliphatic heterocycles. The maximum atomic E-state index is 6.29. The second kappa shape index (κ2) is 10.4. The van der Waals surface area contributed by atoms with Gasteiger partial charge in [0.1, 0.15) is 5.75 Å². The van der Waals surface area contributed by atoms with Crippen molar-refractivity contribution in [1.29, 1.82) is 0 Å². The normalized spacial score (nSPS) is 26.2. The molecule has 0 amide bonds. The van der Waals surface area contributed by atoms with E-state index < -0.39 is 0 Å². The number of fused-ring (bicyclic) bond motifs is 4. The van der Waals surface area contributed by atoms with Crippen molar-refractivity contribution < 1.29 is 14.2 Å². The average molecular weight is 446 g/mol. The summed E-state index contributed by atoms with van der Waals surface area (Å²) in [6.07, 6.45) is 8.63. The third-order valence-electron chi connectivity index (χ3n) is 7.54. The van der Waals surface area contributed by atoms with Gasteiger partial charge in [0.05, 0.1) is 24.9 Å². The molecule has 2 aliphatic carbocycles. The summed E-state index contributed by atoms with van der Waals surface area (Å²) in [6, 6.07) is 7.23. The van der Waals surface area contributed by atoms with Crippen molar-refractivity contribution >= 4 is 0 Å². The van der Waals surface area contributed by atoms with Gasteiger partial charge in [-0.25, -0.2) is 0 Å². The lowest BCUT2D eigenvalue weighted by atomic mass is 9.59. The number of hydrogen-bond acceptors (Lipinski definition) is 4. The number of benzene rings is 1. The minimum absolute atomic E-state index is 0.0952. The van der Waals surface area contributed by atoms with E-state index in [-0.39, 0.29) is 16.6 Å². The summed E-state index contributed by atoms with van der Waals surface area (Å²) in [5.41, 5.74) is 2.89. The quantitative estimate of drug-likeness (QED) is 0.470. The average Bonchev–Trinajstić information content (AvgIpc) is 2.70. The Labute approximate surface area is 196 Å². The second-order valence-corrected chi connectivity index (χ2v) is 11.8. The molecule has 0 heterocycles. The van der Waals surface area contributed by atoms with E-state index in [4.69, 9.17) is 14.2 Å². The van der Waals surface area contributed by atoms with E-state index in [2.05, 4.69) is 65.1 Å². The zero-order chi connectivity index (χ0) is 23.4. The zero-order valence-electron chi connectivity index (χ0n) is 21.7. The minimum atomic E-state index is -0.173. The summed E-state index contributed by atoms with van der Waals surface area (Å²) in [5.74, 6) is 1.67. The first-order valence-electron chi connectivity index (χ1n) is 12.7. The summed E-state index contributed by atoms with van der Waals surface area (Å²) in [4.78, 5) is 0. The van der Waals surface area contributed by atoms with Crippen molar-refractivity contribution in [2.24, 2.45) is 5.92 Å². The van der Waals surface area contributed by atoms with Gasteiger partial charge < -0.3 is 19.5 Å². The van der Waals surface area contributed by atoms with Gasteiger partial charge in [0.25, 0.3) is 0 Å². The maximum absolute atomic E-state index is 6.29. The highest BCUT2D eigenvalue weighted by atomic mass is 16.5. The summed E-state index contributed by atoms with van der Waals surface area (Å²) < 4.78 is 17.8. The lowest BCUT2D eigenvalue weighted by Gasteiger charge is -2.49. The molecule has 2 bridgehead atoms. The summed E-state index contributed by atoms with van der Waals surface area (Å²) >= 11 is 0. The highest BCUT2D eigenvalue weighted by Crippen LogP contribution is 2.47. The van der Waals surface area contributed by atoms with Gasteiger partial charge in [0, 0.05) is 24.6 Å². The van der Waals surface area contributed by atoms with Crippen LogP contribution in [-0.4, -0.2) is 44.1 Å². The fourth-order valence-electron chi connectivity index (χ4n) is 5.72. The number of hydrogen-bond donors (Lipinski definition) is 1. The van der Waals surface area contributed by atoms with Crippen LogP contribution in [0.25, 0.3) is 0 Å². The third kappa shape index (κ3) is 6.48. The zero-order valence-corrected chi connectivity index (χ0v) is 21.7. The second-order valence-electron chi connectivity index (χ2n) is 11.8. The van der Waals surface area contributed by atoms with Crippen molar-refractivity contribution in [3.05, 3.63) is 29.3 Å². The van der Waals surface area contributed by atoms with Crippen LogP contribution in [0.4, 0.5) is 0 Å². The van der Waals surface area contributed by atoms with E-state index in [9.17, 15) is 0 Å². The molecule has 1 saturated carbocycles. The topological polar surface area (TPSA) is 39.7 Å². The lowest BCUT2D eigenvalue weighted by molar-refractivity contribution is -0.0663. The number of nitrogens with one attached hydrogen (secondary N) is 1. The van der Waals surface area contributed by atoms with Crippen molar-refractivity contribution in [3.63, 3.8) is 0 Å². The molecule has 0 aromatic heterocycles. The number of methoxy groups -OCH3 is 1. The Morgan fingerprint density at radius 3 is 2.53 bits per heavy atom. The minimum Gasteiger partial charge on any atom is -0.497 e. The van der Waals surface area contributed by atoms with Crippen LogP contribution < -0.4 is 10.1 Å². The van der Waals surface area contributed by atoms with Gasteiger partial charge in [-0.1, -0.05) is 32.3 Å². The molecule has 1 fully saturated rings. The molecule has 0 spiro atoms. The molecule has 0 radical (unpaired) electrons. The van der Waals surface area contributed by atoms with Crippen LogP contribution in [-0.2, 0) is 21.3 Å². The Balaban J connectivity index is 1.63. The Kier molecular flexibility index (Phi) is 8.33. The molecule has 3 rings (SSSR count). The molecule has 1 N–H and O–H groups in total. The van der Waals surface area contributed by atoms with Crippen LogP contribution in [0.3, 0.4) is 0 Å². The molecule has 3 atom stereocenters. The highest BCUT2D eigenvalue weighted by Gasteiger charge is 2.45. The summed E-state index contributed by atoms with van der Waals surface area (Å²) in [5, 5.41) is 3.97. The molecule has 182 valence electrons. The molecule has 2 aliphatic rings. The Hall–Kier alpha value is -1.10. The summed E-state index contributed by atoms with van der Waals surface area (Å²) in [7, 11) is 1.77. The van der Waals surface area contributed by atoms with E-state index in [0.29, 0.717) is 12.0 Å². The fraction of sp³-hybridized carbons (Fsp3) is 0.786. The molecular weight excluding hydrogens is 398 g/mol. The van der Waals surface area contributed by atoms with Crippen LogP contribution in [0.15, 0.2) is 18.2 Å². The van der Waals surface area contributed by atoms with Crippen LogP contribution in [0, 0.1) is 5.92 Å². The molecular formula is C28H47NO3. The van der Waals surface area contributed by atoms with E-state index in [1.165, 1.54) is 49.7 Å². The Morgan fingerprint density at radius 2 is 1.81 bits per heavy atom. The molecule has 32 heavy (non-hydrogen) atoms. The van der Waals surface area contributed by atoms with Gasteiger partial charge in [0.2, 0.25) is 0 Å². The first-order chi connectivity index (χ1) is 15.0. The van der Waals surface area contributed by atoms with Crippen molar-refractivity contribution in [3.8, 4) is 5.75 Å².